The summed E-state index contributed by atoms with van der Waals surface area (Å²) >= 11 is 0. The van der Waals surface area contributed by atoms with Crippen LogP contribution in [0.5, 0.6) is 0 Å². The number of aryl methyl sites for hydroxylation is 1. The van der Waals surface area contributed by atoms with Gasteiger partial charge in [0.2, 0.25) is 5.91 Å². The van der Waals surface area contributed by atoms with E-state index < -0.39 is 0 Å². The minimum Gasteiger partial charge on any atom is -0.447 e. The Morgan fingerprint density at radius 3 is 2.93 bits per heavy atom. The molecule has 1 aliphatic rings. The van der Waals surface area contributed by atoms with Crippen LogP contribution in [0, 0.1) is 6.92 Å². The lowest BCUT2D eigenvalue weighted by atomic mass is 10.0. The first-order valence-electron chi connectivity index (χ1n) is 10.2. The molecule has 1 aliphatic carbocycles. The zero-order valence-corrected chi connectivity index (χ0v) is 17.2. The van der Waals surface area contributed by atoms with Crippen molar-refractivity contribution >= 4 is 17.8 Å². The third-order valence-electron chi connectivity index (χ3n) is 5.27. The lowest BCUT2D eigenvalue weighted by Gasteiger charge is -2.16. The lowest BCUT2D eigenvalue weighted by Crippen LogP contribution is -2.35. The van der Waals surface area contributed by atoms with Gasteiger partial charge in [-0.05, 0) is 57.2 Å². The summed E-state index contributed by atoms with van der Waals surface area (Å²) in [5.41, 5.74) is 2.77. The number of aromatic nitrogens is 3. The molecule has 8 nitrogen and oxygen atoms in total. The number of nitrogens with zero attached hydrogens (tertiary/aromatic N) is 2. The number of carbonyl (C=O) groups is 2. The summed E-state index contributed by atoms with van der Waals surface area (Å²) in [5, 5.41) is 13.0. The third-order valence-corrected chi connectivity index (χ3v) is 5.27. The molecule has 1 saturated carbocycles. The van der Waals surface area contributed by atoms with Gasteiger partial charge in [-0.25, -0.2) is 4.79 Å². The molecule has 2 aromatic rings. The predicted octanol–water partition coefficient (Wildman–Crippen LogP) is 3.46. The molecule has 156 valence electrons. The van der Waals surface area contributed by atoms with Gasteiger partial charge in [0.1, 0.15) is 6.10 Å². The van der Waals surface area contributed by atoms with Gasteiger partial charge in [0, 0.05) is 35.6 Å². The van der Waals surface area contributed by atoms with Crippen LogP contribution in [0.15, 0.2) is 24.4 Å². The Kier molecular flexibility index (Phi) is 6.85. The minimum atomic E-state index is -0.353. The number of rotatable bonds is 7. The molecule has 0 bridgehead atoms. The highest BCUT2D eigenvalue weighted by Gasteiger charge is 2.29. The Morgan fingerprint density at radius 2 is 2.17 bits per heavy atom. The fourth-order valence-electron chi connectivity index (χ4n) is 3.56. The van der Waals surface area contributed by atoms with E-state index in [-0.39, 0.29) is 36.5 Å². The van der Waals surface area contributed by atoms with Crippen LogP contribution in [0.25, 0.3) is 0 Å². The molecule has 3 rings (SSSR count). The van der Waals surface area contributed by atoms with Crippen LogP contribution in [0.3, 0.4) is 0 Å². The van der Waals surface area contributed by atoms with Crippen molar-refractivity contribution < 1.29 is 14.3 Å². The summed E-state index contributed by atoms with van der Waals surface area (Å²) in [5.74, 6) is 0.667. The second kappa shape index (κ2) is 9.54. The molecule has 3 N–H and O–H groups in total. The van der Waals surface area contributed by atoms with E-state index in [1.165, 1.54) is 0 Å². The number of hydrogen-bond donors (Lipinski definition) is 3. The third kappa shape index (κ3) is 6.04. The summed E-state index contributed by atoms with van der Waals surface area (Å²) in [6.07, 6.45) is 5.00. The maximum absolute atomic E-state index is 12.3. The standard InChI is InChI=1S/C21H29N5O3/c1-4-14(3)29-21(28)23-17-6-5-16(11-17)18-12-19(26-25-18)24-20(27)10-15-7-8-22-13(2)9-15/h7-9,12,14,16-17H,4-6,10-11H2,1-3H3,(H,23,28)(H2,24,25,26,27). The molecule has 0 aromatic carbocycles. The predicted molar refractivity (Wildman–Crippen MR) is 110 cm³/mol. The largest absolute Gasteiger partial charge is 0.447 e. The number of nitrogens with one attached hydrogen (secondary N) is 3. The second-order valence-electron chi connectivity index (χ2n) is 7.71. The Hall–Kier alpha value is -2.90. The van der Waals surface area contributed by atoms with Crippen LogP contribution in [0.1, 0.15) is 62.4 Å². The van der Waals surface area contributed by atoms with Gasteiger partial charge >= 0.3 is 6.09 Å². The second-order valence-corrected chi connectivity index (χ2v) is 7.71. The SMILES string of the molecule is CCC(C)OC(=O)NC1CCC(c2cc(NC(=O)Cc3ccnc(C)c3)n[nH]2)C1. The van der Waals surface area contributed by atoms with Crippen molar-refractivity contribution in [3.8, 4) is 0 Å². The van der Waals surface area contributed by atoms with Gasteiger partial charge in [-0.15, -0.1) is 0 Å². The molecular weight excluding hydrogens is 370 g/mol. The Balaban J connectivity index is 1.48. The van der Waals surface area contributed by atoms with Crippen LogP contribution in [-0.2, 0) is 16.0 Å². The first-order chi connectivity index (χ1) is 13.9. The van der Waals surface area contributed by atoms with E-state index in [1.54, 1.807) is 6.20 Å². The summed E-state index contributed by atoms with van der Waals surface area (Å²) in [7, 11) is 0. The molecule has 0 saturated heterocycles. The highest BCUT2D eigenvalue weighted by Crippen LogP contribution is 2.34. The maximum Gasteiger partial charge on any atom is 0.407 e. The molecule has 0 aliphatic heterocycles. The van der Waals surface area contributed by atoms with E-state index in [0.717, 1.165) is 42.6 Å². The van der Waals surface area contributed by atoms with Crippen LogP contribution in [-0.4, -0.2) is 39.3 Å². The zero-order chi connectivity index (χ0) is 20.8. The number of hydrogen-bond acceptors (Lipinski definition) is 5. The number of anilines is 1. The van der Waals surface area contributed by atoms with E-state index in [2.05, 4.69) is 25.8 Å². The summed E-state index contributed by atoms with van der Waals surface area (Å²) in [6.45, 7) is 5.76. The van der Waals surface area contributed by atoms with Gasteiger partial charge in [0.15, 0.2) is 5.82 Å². The number of carbonyl (C=O) groups excluding carboxylic acids is 2. The monoisotopic (exact) mass is 399 g/mol. The Labute approximate surface area is 170 Å². The highest BCUT2D eigenvalue weighted by molar-refractivity contribution is 5.91. The van der Waals surface area contributed by atoms with Crippen LogP contribution >= 0.6 is 0 Å². The van der Waals surface area contributed by atoms with Crippen molar-refractivity contribution in [2.75, 3.05) is 5.32 Å². The summed E-state index contributed by atoms with van der Waals surface area (Å²) in [4.78, 5) is 28.3. The maximum atomic E-state index is 12.3. The Morgan fingerprint density at radius 1 is 1.34 bits per heavy atom. The highest BCUT2D eigenvalue weighted by atomic mass is 16.6. The average molecular weight is 399 g/mol. The number of H-pyrrole nitrogens is 1. The van der Waals surface area contributed by atoms with E-state index in [1.807, 2.05) is 39.0 Å². The fraction of sp³-hybridized carbons (Fsp3) is 0.524. The molecule has 2 heterocycles. The molecule has 3 atom stereocenters. The van der Waals surface area contributed by atoms with Gasteiger partial charge in [-0.2, -0.15) is 5.10 Å². The lowest BCUT2D eigenvalue weighted by molar-refractivity contribution is -0.115. The quantitative estimate of drug-likeness (QED) is 0.661. The van der Waals surface area contributed by atoms with Gasteiger partial charge in [-0.3, -0.25) is 14.9 Å². The molecular formula is C21H29N5O3. The van der Waals surface area contributed by atoms with E-state index in [0.29, 0.717) is 5.82 Å². The van der Waals surface area contributed by atoms with Crippen LogP contribution < -0.4 is 10.6 Å². The molecule has 29 heavy (non-hydrogen) atoms. The van der Waals surface area contributed by atoms with E-state index in [4.69, 9.17) is 4.74 Å². The van der Waals surface area contributed by atoms with Gasteiger partial charge in [-0.1, -0.05) is 6.92 Å². The van der Waals surface area contributed by atoms with E-state index >= 15 is 0 Å². The summed E-state index contributed by atoms with van der Waals surface area (Å²) in [6, 6.07) is 5.70. The van der Waals surface area contributed by atoms with Crippen LogP contribution in [0.4, 0.5) is 10.6 Å². The van der Waals surface area contributed by atoms with Crippen molar-refractivity contribution in [1.29, 1.82) is 0 Å². The van der Waals surface area contributed by atoms with Crippen molar-refractivity contribution in [2.24, 2.45) is 0 Å². The molecule has 8 heteroatoms. The topological polar surface area (TPSA) is 109 Å². The molecule has 1 fully saturated rings. The van der Waals surface area contributed by atoms with E-state index in [9.17, 15) is 9.59 Å². The van der Waals surface area contributed by atoms with Gasteiger partial charge in [0.05, 0.1) is 6.42 Å². The van der Waals surface area contributed by atoms with Crippen LogP contribution in [0.2, 0.25) is 0 Å². The molecule has 0 spiro atoms. The van der Waals surface area contributed by atoms with Crippen molar-refractivity contribution in [2.45, 2.75) is 70.9 Å². The van der Waals surface area contributed by atoms with Crippen molar-refractivity contribution in [1.82, 2.24) is 20.5 Å². The Bertz CT molecular complexity index is 850. The fourth-order valence-corrected chi connectivity index (χ4v) is 3.56. The number of ether oxygens (including phenoxy) is 1. The number of amides is 2. The molecule has 2 aromatic heterocycles. The first kappa shape index (κ1) is 20.8. The smallest absolute Gasteiger partial charge is 0.407 e. The molecule has 0 radical (unpaired) electrons. The number of aromatic amines is 1. The first-order valence-corrected chi connectivity index (χ1v) is 10.2. The summed E-state index contributed by atoms with van der Waals surface area (Å²) < 4.78 is 5.28. The van der Waals surface area contributed by atoms with Gasteiger partial charge in [0.25, 0.3) is 0 Å². The van der Waals surface area contributed by atoms with Gasteiger partial charge < -0.3 is 15.4 Å². The number of alkyl carbamates (subject to hydrolysis) is 1. The van der Waals surface area contributed by atoms with Crippen molar-refractivity contribution in [3.05, 3.63) is 41.3 Å². The average Bonchev–Trinajstić information content (AvgIpc) is 3.30. The zero-order valence-electron chi connectivity index (χ0n) is 17.2. The molecule has 3 unspecified atom stereocenters. The number of pyridine rings is 1. The molecule has 2 amide bonds. The van der Waals surface area contributed by atoms with Crippen molar-refractivity contribution in [3.63, 3.8) is 0 Å². The normalized spacial score (nSPS) is 19.6. The minimum absolute atomic E-state index is 0.0814.